The largest absolute Gasteiger partial charge is 0.445 e. The number of anilines is 1. The number of nitro groups is 1. The highest BCUT2D eigenvalue weighted by Gasteiger charge is 2.42. The molecule has 0 N–H and O–H groups in total. The Morgan fingerprint density at radius 1 is 1.52 bits per heavy atom. The molecule has 0 saturated carbocycles. The van der Waals surface area contributed by atoms with E-state index in [1.807, 2.05) is 12.1 Å². The van der Waals surface area contributed by atoms with E-state index in [0.29, 0.717) is 18.1 Å². The number of hydrogen-bond acceptors (Lipinski definition) is 6. The van der Waals surface area contributed by atoms with Crippen LogP contribution >= 0.6 is 11.6 Å². The second-order valence-corrected chi connectivity index (χ2v) is 7.34. The molecule has 2 aliphatic rings. The summed E-state index contributed by atoms with van der Waals surface area (Å²) in [5.41, 5.74) is 0.990. The van der Waals surface area contributed by atoms with Crippen molar-refractivity contribution in [1.82, 2.24) is 9.55 Å². The minimum Gasteiger partial charge on any atom is -0.445 e. The van der Waals surface area contributed by atoms with Crippen molar-refractivity contribution in [3.05, 3.63) is 45.1 Å². The van der Waals surface area contributed by atoms with Gasteiger partial charge in [0.1, 0.15) is 12.8 Å². The lowest BCUT2D eigenvalue weighted by Crippen LogP contribution is -2.42. The quantitative estimate of drug-likeness (QED) is 0.587. The van der Waals surface area contributed by atoms with E-state index < -0.39 is 16.6 Å². The van der Waals surface area contributed by atoms with Crippen LogP contribution in [-0.2, 0) is 17.7 Å². The normalized spacial score (nSPS) is 20.6. The third-order valence-electron chi connectivity index (χ3n) is 4.64. The number of carbonyl (C=O) groups is 1. The summed E-state index contributed by atoms with van der Waals surface area (Å²) in [4.78, 5) is 28.2. The molecule has 0 radical (unpaired) electrons. The van der Waals surface area contributed by atoms with Gasteiger partial charge in [-0.25, -0.2) is 4.79 Å². The molecule has 2 aliphatic heterocycles. The van der Waals surface area contributed by atoms with Gasteiger partial charge < -0.3 is 19.6 Å². The number of halogens is 1. The van der Waals surface area contributed by atoms with Crippen LogP contribution < -0.4 is 9.64 Å². The summed E-state index contributed by atoms with van der Waals surface area (Å²) < 4.78 is 12.7. The monoisotopic (exact) mass is 392 g/mol. The number of ether oxygens (including phenoxy) is 2. The van der Waals surface area contributed by atoms with Crippen LogP contribution in [0.1, 0.15) is 18.9 Å². The Morgan fingerprint density at radius 2 is 2.33 bits per heavy atom. The molecule has 1 atom stereocenters. The summed E-state index contributed by atoms with van der Waals surface area (Å²) in [6, 6.07) is 5.59. The summed E-state index contributed by atoms with van der Waals surface area (Å²) in [7, 11) is 0. The number of hydrogen-bond donors (Lipinski definition) is 0. The summed E-state index contributed by atoms with van der Waals surface area (Å²) in [5, 5.41) is 11.4. The second kappa shape index (κ2) is 6.41. The zero-order chi connectivity index (χ0) is 19.2. The highest BCUT2D eigenvalue weighted by atomic mass is 35.5. The molecule has 0 saturated heterocycles. The molecular weight excluding hydrogens is 376 g/mol. The van der Waals surface area contributed by atoms with E-state index in [1.54, 1.807) is 22.5 Å². The smallest absolute Gasteiger partial charge is 0.415 e. The van der Waals surface area contributed by atoms with E-state index in [2.05, 4.69) is 4.98 Å². The first kappa shape index (κ1) is 17.6. The van der Waals surface area contributed by atoms with Crippen molar-refractivity contribution < 1.29 is 19.2 Å². The van der Waals surface area contributed by atoms with Gasteiger partial charge in [-0.2, -0.15) is 0 Å². The Bertz CT molecular complexity index is 905. The van der Waals surface area contributed by atoms with Crippen LogP contribution in [0.15, 0.2) is 24.4 Å². The first-order valence-electron chi connectivity index (χ1n) is 8.48. The van der Waals surface area contributed by atoms with Gasteiger partial charge >= 0.3 is 17.9 Å². The van der Waals surface area contributed by atoms with Crippen molar-refractivity contribution in [3.63, 3.8) is 0 Å². The molecule has 0 fully saturated rings. The van der Waals surface area contributed by atoms with Crippen molar-refractivity contribution in [2.45, 2.75) is 31.9 Å². The minimum absolute atomic E-state index is 0.00239. The first-order valence-corrected chi connectivity index (χ1v) is 8.86. The number of imidazole rings is 1. The predicted octanol–water partition coefficient (Wildman–Crippen LogP) is 3.19. The standard InChI is InChI=1S/C17H17ClN4O5/c1-17(9-20-8-14(22(24)25)19-15(20)27-17)10-26-16(23)21-6-2-3-11-7-12(18)4-5-13(11)21/h4-5,7-8H,2-3,6,9-10H2,1H3. The topological polar surface area (TPSA) is 99.7 Å². The molecule has 1 amide bonds. The molecule has 142 valence electrons. The van der Waals surface area contributed by atoms with E-state index in [1.165, 1.54) is 6.20 Å². The summed E-state index contributed by atoms with van der Waals surface area (Å²) in [6.45, 7) is 2.65. The van der Waals surface area contributed by atoms with Gasteiger partial charge in [-0.3, -0.25) is 9.47 Å². The zero-order valence-electron chi connectivity index (χ0n) is 14.6. The van der Waals surface area contributed by atoms with E-state index in [0.717, 1.165) is 24.1 Å². The van der Waals surface area contributed by atoms with Gasteiger partial charge in [0.05, 0.1) is 12.2 Å². The van der Waals surface area contributed by atoms with Crippen LogP contribution in [0.2, 0.25) is 5.02 Å². The predicted molar refractivity (Wildman–Crippen MR) is 96.4 cm³/mol. The van der Waals surface area contributed by atoms with E-state index in [4.69, 9.17) is 21.1 Å². The van der Waals surface area contributed by atoms with Crippen LogP contribution in [-0.4, -0.2) is 39.3 Å². The van der Waals surface area contributed by atoms with Crippen molar-refractivity contribution in [3.8, 4) is 6.01 Å². The average molecular weight is 393 g/mol. The van der Waals surface area contributed by atoms with Gasteiger partial charge in [0, 0.05) is 16.6 Å². The highest BCUT2D eigenvalue weighted by molar-refractivity contribution is 6.30. The molecule has 2 aromatic rings. The maximum Gasteiger partial charge on any atom is 0.415 e. The lowest BCUT2D eigenvalue weighted by atomic mass is 10.0. The molecule has 1 aromatic carbocycles. The fourth-order valence-corrected chi connectivity index (χ4v) is 3.60. The summed E-state index contributed by atoms with van der Waals surface area (Å²) in [5.74, 6) is -0.271. The maximum atomic E-state index is 12.6. The molecule has 3 heterocycles. The molecule has 10 heteroatoms. The van der Waals surface area contributed by atoms with Gasteiger partial charge in [0.15, 0.2) is 5.60 Å². The molecule has 1 unspecified atom stereocenters. The number of amides is 1. The van der Waals surface area contributed by atoms with Crippen LogP contribution in [0.25, 0.3) is 0 Å². The zero-order valence-corrected chi connectivity index (χ0v) is 15.3. The molecule has 1 aromatic heterocycles. The number of aryl methyl sites for hydroxylation is 1. The molecule has 0 spiro atoms. The third kappa shape index (κ3) is 3.30. The summed E-state index contributed by atoms with van der Waals surface area (Å²) in [6.07, 6.45) is 2.54. The lowest BCUT2D eigenvalue weighted by molar-refractivity contribution is -0.389. The SMILES string of the molecule is CC1(COC(=O)N2CCCc3cc(Cl)ccc32)Cn2cc([N+](=O)[O-])nc2O1. The van der Waals surface area contributed by atoms with Gasteiger partial charge in [0.25, 0.3) is 0 Å². The van der Waals surface area contributed by atoms with E-state index >= 15 is 0 Å². The Labute approximate surface area is 159 Å². The average Bonchev–Trinajstić information content (AvgIpc) is 3.14. The van der Waals surface area contributed by atoms with Crippen LogP contribution in [0.5, 0.6) is 6.01 Å². The fourth-order valence-electron chi connectivity index (χ4n) is 3.40. The van der Waals surface area contributed by atoms with Crippen LogP contribution in [0.4, 0.5) is 16.3 Å². The Morgan fingerprint density at radius 3 is 3.07 bits per heavy atom. The first-order chi connectivity index (χ1) is 12.8. The van der Waals surface area contributed by atoms with Crippen molar-refractivity contribution in [2.24, 2.45) is 0 Å². The van der Waals surface area contributed by atoms with Gasteiger partial charge in [0.2, 0.25) is 0 Å². The molecule has 9 nitrogen and oxygen atoms in total. The minimum atomic E-state index is -0.828. The number of nitrogens with zero attached hydrogens (tertiary/aromatic N) is 4. The molecule has 27 heavy (non-hydrogen) atoms. The van der Waals surface area contributed by atoms with Gasteiger partial charge in [-0.1, -0.05) is 11.6 Å². The lowest BCUT2D eigenvalue weighted by Gasteiger charge is -2.30. The van der Waals surface area contributed by atoms with Crippen LogP contribution in [0, 0.1) is 10.1 Å². The Hall–Kier alpha value is -2.81. The highest BCUT2D eigenvalue weighted by Crippen LogP contribution is 2.33. The van der Waals surface area contributed by atoms with Crippen molar-refractivity contribution in [2.75, 3.05) is 18.1 Å². The maximum absolute atomic E-state index is 12.6. The van der Waals surface area contributed by atoms with Crippen molar-refractivity contribution >= 4 is 29.2 Å². The molecule has 0 bridgehead atoms. The number of fused-ring (bicyclic) bond motifs is 2. The number of aromatic nitrogens is 2. The third-order valence-corrected chi connectivity index (χ3v) is 4.87. The molecule has 0 aliphatic carbocycles. The number of carbonyl (C=O) groups excluding carboxylic acids is 1. The van der Waals surface area contributed by atoms with E-state index in [-0.39, 0.29) is 18.4 Å². The molecule has 4 rings (SSSR count). The Kier molecular flexibility index (Phi) is 4.18. The fraction of sp³-hybridized carbons (Fsp3) is 0.412. The van der Waals surface area contributed by atoms with Crippen molar-refractivity contribution in [1.29, 1.82) is 0 Å². The second-order valence-electron chi connectivity index (χ2n) is 6.90. The van der Waals surface area contributed by atoms with Crippen LogP contribution in [0.3, 0.4) is 0 Å². The molecular formula is C17H17ClN4O5. The van der Waals surface area contributed by atoms with Gasteiger partial charge in [-0.15, -0.1) is 0 Å². The number of benzene rings is 1. The van der Waals surface area contributed by atoms with Gasteiger partial charge in [-0.05, 0) is 48.5 Å². The Balaban J connectivity index is 1.42. The summed E-state index contributed by atoms with van der Waals surface area (Å²) >= 11 is 6.03. The van der Waals surface area contributed by atoms with E-state index in [9.17, 15) is 14.9 Å². The number of rotatable bonds is 3.